The average molecular weight is 276 g/mol. The van der Waals surface area contributed by atoms with E-state index in [-0.39, 0.29) is 30.0 Å². The molecule has 0 saturated carbocycles. The molecule has 1 heterocycles. The number of nitrogens with zero attached hydrogens (tertiary/aromatic N) is 1. The van der Waals surface area contributed by atoms with E-state index in [0.29, 0.717) is 0 Å². The molecule has 0 atom stereocenters. The molecule has 0 aliphatic rings. The Balaban J connectivity index is 1.96. The van der Waals surface area contributed by atoms with Gasteiger partial charge in [-0.25, -0.2) is 9.18 Å². The molecule has 1 aromatic carbocycles. The van der Waals surface area contributed by atoms with Crippen LogP contribution in [-0.4, -0.2) is 17.1 Å². The zero-order chi connectivity index (χ0) is 14.5. The number of aromatic nitrogens is 1. The molecule has 0 aliphatic carbocycles. The SMILES string of the molecule is Nc1cc(F)ccc1C(=O)OCCn1ccccc1=O. The van der Waals surface area contributed by atoms with Gasteiger partial charge in [-0.1, -0.05) is 6.07 Å². The number of nitrogen functional groups attached to an aromatic ring is 1. The summed E-state index contributed by atoms with van der Waals surface area (Å²) in [5.74, 6) is -1.17. The maximum atomic E-state index is 12.9. The molecule has 2 rings (SSSR count). The van der Waals surface area contributed by atoms with Gasteiger partial charge in [0.1, 0.15) is 12.4 Å². The van der Waals surface area contributed by atoms with Crippen LogP contribution in [-0.2, 0) is 11.3 Å². The van der Waals surface area contributed by atoms with Crippen LogP contribution in [0.1, 0.15) is 10.4 Å². The first kappa shape index (κ1) is 13.8. The largest absolute Gasteiger partial charge is 0.460 e. The van der Waals surface area contributed by atoms with Crippen molar-refractivity contribution in [2.75, 3.05) is 12.3 Å². The third-order valence-corrected chi connectivity index (χ3v) is 2.70. The minimum atomic E-state index is -0.647. The molecule has 0 amide bonds. The van der Waals surface area contributed by atoms with E-state index in [1.54, 1.807) is 18.3 Å². The lowest BCUT2D eigenvalue weighted by molar-refractivity contribution is 0.0491. The summed E-state index contributed by atoms with van der Waals surface area (Å²) in [6, 6.07) is 8.21. The Morgan fingerprint density at radius 3 is 2.80 bits per heavy atom. The highest BCUT2D eigenvalue weighted by atomic mass is 19.1. The number of rotatable bonds is 4. The van der Waals surface area contributed by atoms with Gasteiger partial charge in [0.05, 0.1) is 12.1 Å². The van der Waals surface area contributed by atoms with Crippen LogP contribution in [0.25, 0.3) is 0 Å². The van der Waals surface area contributed by atoms with Crippen molar-refractivity contribution in [1.82, 2.24) is 4.57 Å². The molecule has 6 heteroatoms. The summed E-state index contributed by atoms with van der Waals surface area (Å²) in [6.07, 6.45) is 1.60. The molecule has 5 nitrogen and oxygen atoms in total. The van der Waals surface area contributed by atoms with E-state index in [1.165, 1.54) is 16.7 Å². The summed E-state index contributed by atoms with van der Waals surface area (Å²) in [6.45, 7) is 0.270. The smallest absolute Gasteiger partial charge is 0.340 e. The lowest BCUT2D eigenvalue weighted by Crippen LogP contribution is -2.21. The van der Waals surface area contributed by atoms with Crippen molar-refractivity contribution in [2.24, 2.45) is 0 Å². The van der Waals surface area contributed by atoms with E-state index < -0.39 is 11.8 Å². The predicted molar refractivity (Wildman–Crippen MR) is 71.8 cm³/mol. The maximum Gasteiger partial charge on any atom is 0.340 e. The normalized spacial score (nSPS) is 10.2. The fourth-order valence-electron chi connectivity index (χ4n) is 1.68. The van der Waals surface area contributed by atoms with Gasteiger partial charge in [0.15, 0.2) is 0 Å². The van der Waals surface area contributed by atoms with Crippen LogP contribution in [0.15, 0.2) is 47.4 Å². The van der Waals surface area contributed by atoms with Crippen molar-refractivity contribution in [3.63, 3.8) is 0 Å². The summed E-state index contributed by atoms with van der Waals surface area (Å²) in [5, 5.41) is 0. The summed E-state index contributed by atoms with van der Waals surface area (Å²) in [4.78, 5) is 23.2. The van der Waals surface area contributed by atoms with Crippen molar-refractivity contribution in [3.05, 3.63) is 64.3 Å². The van der Waals surface area contributed by atoms with Gasteiger partial charge in [0, 0.05) is 18.0 Å². The topological polar surface area (TPSA) is 74.3 Å². The standard InChI is InChI=1S/C14H13FN2O3/c15-10-4-5-11(12(16)9-10)14(19)20-8-7-17-6-2-1-3-13(17)18/h1-6,9H,7-8,16H2. The quantitative estimate of drug-likeness (QED) is 0.677. The molecule has 0 saturated heterocycles. The third-order valence-electron chi connectivity index (χ3n) is 2.70. The zero-order valence-corrected chi connectivity index (χ0v) is 10.6. The van der Waals surface area contributed by atoms with Gasteiger partial charge < -0.3 is 15.0 Å². The molecule has 0 unspecified atom stereocenters. The van der Waals surface area contributed by atoms with Crippen LogP contribution in [0.5, 0.6) is 0 Å². The van der Waals surface area contributed by atoms with E-state index in [1.807, 2.05) is 0 Å². The van der Waals surface area contributed by atoms with E-state index >= 15 is 0 Å². The first-order valence-electron chi connectivity index (χ1n) is 5.95. The van der Waals surface area contributed by atoms with Gasteiger partial charge in [0.2, 0.25) is 0 Å². The van der Waals surface area contributed by atoms with E-state index in [9.17, 15) is 14.0 Å². The van der Waals surface area contributed by atoms with Crippen molar-refractivity contribution in [2.45, 2.75) is 6.54 Å². The maximum absolute atomic E-state index is 12.9. The third kappa shape index (κ3) is 3.23. The highest BCUT2D eigenvalue weighted by molar-refractivity contribution is 5.94. The zero-order valence-electron chi connectivity index (χ0n) is 10.6. The number of hydrogen-bond donors (Lipinski definition) is 1. The first-order valence-corrected chi connectivity index (χ1v) is 5.95. The van der Waals surface area contributed by atoms with E-state index in [4.69, 9.17) is 10.5 Å². The van der Waals surface area contributed by atoms with E-state index in [2.05, 4.69) is 0 Å². The number of halogens is 1. The lowest BCUT2D eigenvalue weighted by atomic mass is 10.2. The minimum absolute atomic E-state index is 0.0203. The molecule has 0 spiro atoms. The number of esters is 1. The monoisotopic (exact) mass is 276 g/mol. The summed E-state index contributed by atoms with van der Waals surface area (Å²) in [5.41, 5.74) is 5.48. The van der Waals surface area contributed by atoms with Crippen molar-refractivity contribution in [3.8, 4) is 0 Å². The van der Waals surface area contributed by atoms with Crippen LogP contribution in [0.4, 0.5) is 10.1 Å². The fourth-order valence-corrected chi connectivity index (χ4v) is 1.68. The Labute approximate surface area is 114 Å². The van der Waals surface area contributed by atoms with Crippen LogP contribution in [0, 0.1) is 5.82 Å². The summed E-state index contributed by atoms with van der Waals surface area (Å²) in [7, 11) is 0. The Bertz CT molecular complexity index is 682. The summed E-state index contributed by atoms with van der Waals surface area (Å²) >= 11 is 0. The Hall–Kier alpha value is -2.63. The molecule has 0 radical (unpaired) electrons. The highest BCUT2D eigenvalue weighted by Gasteiger charge is 2.11. The second-order valence-corrected chi connectivity index (χ2v) is 4.10. The molecule has 20 heavy (non-hydrogen) atoms. The van der Waals surface area contributed by atoms with Crippen molar-refractivity contribution in [1.29, 1.82) is 0 Å². The Morgan fingerprint density at radius 1 is 1.30 bits per heavy atom. The summed E-state index contributed by atoms with van der Waals surface area (Å²) < 4.78 is 19.3. The number of ether oxygens (including phenoxy) is 1. The van der Waals surface area contributed by atoms with Crippen LogP contribution >= 0.6 is 0 Å². The van der Waals surface area contributed by atoms with Crippen LogP contribution in [0.3, 0.4) is 0 Å². The molecule has 0 bridgehead atoms. The second-order valence-electron chi connectivity index (χ2n) is 4.10. The number of nitrogens with two attached hydrogens (primary N) is 1. The number of pyridine rings is 1. The molecular formula is C14H13FN2O3. The second kappa shape index (κ2) is 6.01. The minimum Gasteiger partial charge on any atom is -0.460 e. The van der Waals surface area contributed by atoms with Gasteiger partial charge in [-0.05, 0) is 24.3 Å². The molecule has 1 aromatic heterocycles. The van der Waals surface area contributed by atoms with Gasteiger partial charge in [-0.2, -0.15) is 0 Å². The van der Waals surface area contributed by atoms with Crippen molar-refractivity contribution < 1.29 is 13.9 Å². The molecule has 104 valence electrons. The van der Waals surface area contributed by atoms with Gasteiger partial charge in [0.25, 0.3) is 5.56 Å². The number of anilines is 1. The van der Waals surface area contributed by atoms with Gasteiger partial charge in [-0.15, -0.1) is 0 Å². The molecular weight excluding hydrogens is 263 g/mol. The number of hydrogen-bond acceptors (Lipinski definition) is 4. The number of carbonyl (C=O) groups is 1. The van der Waals surface area contributed by atoms with Crippen LogP contribution in [0.2, 0.25) is 0 Å². The van der Waals surface area contributed by atoms with Gasteiger partial charge >= 0.3 is 5.97 Å². The van der Waals surface area contributed by atoms with Gasteiger partial charge in [-0.3, -0.25) is 4.79 Å². The molecule has 0 aliphatic heterocycles. The average Bonchev–Trinajstić information content (AvgIpc) is 2.40. The van der Waals surface area contributed by atoms with Crippen molar-refractivity contribution >= 4 is 11.7 Å². The van der Waals surface area contributed by atoms with E-state index in [0.717, 1.165) is 12.1 Å². The molecule has 2 aromatic rings. The number of benzene rings is 1. The Morgan fingerprint density at radius 2 is 2.10 bits per heavy atom. The molecule has 0 fully saturated rings. The fraction of sp³-hybridized carbons (Fsp3) is 0.143. The Kier molecular flexibility index (Phi) is 4.14. The predicted octanol–water partition coefficient (Wildman–Crippen LogP) is 1.43. The number of carbonyl (C=O) groups excluding carboxylic acids is 1. The highest BCUT2D eigenvalue weighted by Crippen LogP contribution is 2.14. The first-order chi connectivity index (χ1) is 9.58. The molecule has 2 N–H and O–H groups in total. The van der Waals surface area contributed by atoms with Crippen LogP contribution < -0.4 is 11.3 Å². The lowest BCUT2D eigenvalue weighted by Gasteiger charge is -2.08.